The van der Waals surface area contributed by atoms with Crippen molar-refractivity contribution in [3.63, 3.8) is 0 Å². The summed E-state index contributed by atoms with van der Waals surface area (Å²) < 4.78 is 1.44. The summed E-state index contributed by atoms with van der Waals surface area (Å²) in [6.45, 7) is 6.22. The molecule has 0 spiro atoms. The summed E-state index contributed by atoms with van der Waals surface area (Å²) in [7, 11) is 0. The van der Waals surface area contributed by atoms with Crippen molar-refractivity contribution < 1.29 is 9.90 Å². The molecule has 0 aliphatic heterocycles. The number of hydrogen-bond donors (Lipinski definition) is 2. The predicted octanol–water partition coefficient (Wildman–Crippen LogP) is 0.947. The summed E-state index contributed by atoms with van der Waals surface area (Å²) in [5.41, 5.74) is 0.882. The van der Waals surface area contributed by atoms with Crippen LogP contribution < -0.4 is 5.56 Å². The number of carboxylic acids is 1. The maximum absolute atomic E-state index is 11.7. The lowest BCUT2D eigenvalue weighted by atomic mass is 10.0. The van der Waals surface area contributed by atoms with Crippen LogP contribution in [0.2, 0.25) is 0 Å². The lowest BCUT2D eigenvalue weighted by Gasteiger charge is -2.03. The molecule has 5 heteroatoms. The van der Waals surface area contributed by atoms with Gasteiger partial charge >= 0.3 is 5.97 Å². The van der Waals surface area contributed by atoms with Crippen molar-refractivity contribution in [1.82, 2.24) is 9.78 Å². The number of carbonyl (C=O) groups is 1. The monoisotopic (exact) mass is 212 g/mol. The second kappa shape index (κ2) is 4.33. The Labute approximate surface area is 87.7 Å². The molecule has 5 nitrogen and oxygen atoms in total. The number of aromatic nitrogens is 2. The zero-order valence-electron chi connectivity index (χ0n) is 9.20. The van der Waals surface area contributed by atoms with Crippen LogP contribution in [0, 0.1) is 0 Å². The van der Waals surface area contributed by atoms with Gasteiger partial charge in [0, 0.05) is 12.2 Å². The summed E-state index contributed by atoms with van der Waals surface area (Å²) >= 11 is 0. The minimum absolute atomic E-state index is 0.125. The molecule has 0 atom stereocenters. The summed E-state index contributed by atoms with van der Waals surface area (Å²) in [5, 5.41) is 11.7. The first-order chi connectivity index (χ1) is 6.97. The highest BCUT2D eigenvalue weighted by Crippen LogP contribution is 2.14. The van der Waals surface area contributed by atoms with Crippen molar-refractivity contribution >= 4 is 5.97 Å². The molecule has 0 radical (unpaired) electrons. The molecule has 0 saturated carbocycles. The van der Waals surface area contributed by atoms with Gasteiger partial charge in [0.05, 0.1) is 12.0 Å². The summed E-state index contributed by atoms with van der Waals surface area (Å²) in [4.78, 5) is 22.4. The number of aromatic amines is 1. The van der Waals surface area contributed by atoms with Crippen LogP contribution >= 0.6 is 0 Å². The van der Waals surface area contributed by atoms with Crippen molar-refractivity contribution in [3.8, 4) is 0 Å². The van der Waals surface area contributed by atoms with Crippen molar-refractivity contribution in [3.05, 3.63) is 21.6 Å². The summed E-state index contributed by atoms with van der Waals surface area (Å²) in [6, 6.07) is 0. The lowest BCUT2D eigenvalue weighted by Crippen LogP contribution is -2.19. The van der Waals surface area contributed by atoms with Gasteiger partial charge in [-0.3, -0.25) is 19.4 Å². The van der Waals surface area contributed by atoms with E-state index in [0.29, 0.717) is 12.1 Å². The zero-order chi connectivity index (χ0) is 11.6. The maximum Gasteiger partial charge on any atom is 0.308 e. The van der Waals surface area contributed by atoms with Crippen LogP contribution in [0.1, 0.15) is 37.9 Å². The van der Waals surface area contributed by atoms with E-state index in [1.54, 1.807) is 0 Å². The highest BCUT2D eigenvalue weighted by Gasteiger charge is 2.18. The van der Waals surface area contributed by atoms with Crippen LogP contribution in [0.4, 0.5) is 0 Å². The summed E-state index contributed by atoms with van der Waals surface area (Å²) in [6.07, 6.45) is -0.212. The first-order valence-corrected chi connectivity index (χ1v) is 5.00. The fourth-order valence-corrected chi connectivity index (χ4v) is 1.56. The predicted molar refractivity (Wildman–Crippen MR) is 56.2 cm³/mol. The van der Waals surface area contributed by atoms with Crippen molar-refractivity contribution in [2.45, 2.75) is 39.7 Å². The molecule has 0 saturated heterocycles. The first-order valence-electron chi connectivity index (χ1n) is 5.00. The Morgan fingerprint density at radius 2 is 2.13 bits per heavy atom. The Hall–Kier alpha value is -1.52. The molecule has 1 aromatic heterocycles. The van der Waals surface area contributed by atoms with Crippen LogP contribution in [0.25, 0.3) is 0 Å². The Bertz CT molecular complexity index is 415. The number of nitrogens with zero attached hydrogens (tertiary/aromatic N) is 1. The third-order valence-electron chi connectivity index (χ3n) is 2.31. The zero-order valence-corrected chi connectivity index (χ0v) is 9.20. The number of aryl methyl sites for hydroxylation is 1. The number of carboxylic acid groups (broad SMARTS) is 1. The van der Waals surface area contributed by atoms with Crippen LogP contribution in [0.3, 0.4) is 0 Å². The van der Waals surface area contributed by atoms with Crippen molar-refractivity contribution in [1.29, 1.82) is 0 Å². The second-order valence-electron chi connectivity index (χ2n) is 3.78. The van der Waals surface area contributed by atoms with Gasteiger partial charge in [0.15, 0.2) is 0 Å². The molecule has 1 heterocycles. The Balaban J connectivity index is 3.25. The maximum atomic E-state index is 11.7. The number of hydrogen-bond acceptors (Lipinski definition) is 2. The van der Waals surface area contributed by atoms with Gasteiger partial charge in [-0.1, -0.05) is 13.8 Å². The molecule has 0 amide bonds. The second-order valence-corrected chi connectivity index (χ2v) is 3.78. The van der Waals surface area contributed by atoms with E-state index >= 15 is 0 Å². The standard InChI is InChI=1S/C10H16N2O3/c1-4-12-10(15)7(5-8(13)14)9(11-12)6(2)3/h6,11H,4-5H2,1-3H3,(H,13,14). The highest BCUT2D eigenvalue weighted by molar-refractivity contribution is 5.70. The summed E-state index contributed by atoms with van der Waals surface area (Å²) in [5.74, 6) is -0.851. The van der Waals surface area contributed by atoms with E-state index in [2.05, 4.69) is 5.10 Å². The molecule has 1 rings (SSSR count). The van der Waals surface area contributed by atoms with Crippen LogP contribution in [0.5, 0.6) is 0 Å². The molecule has 15 heavy (non-hydrogen) atoms. The topological polar surface area (TPSA) is 75.1 Å². The van der Waals surface area contributed by atoms with Gasteiger partial charge in [0.25, 0.3) is 5.56 Å². The molecular weight excluding hydrogens is 196 g/mol. The minimum Gasteiger partial charge on any atom is -0.481 e. The highest BCUT2D eigenvalue weighted by atomic mass is 16.4. The molecule has 84 valence electrons. The van der Waals surface area contributed by atoms with Crippen molar-refractivity contribution in [2.75, 3.05) is 0 Å². The van der Waals surface area contributed by atoms with E-state index in [-0.39, 0.29) is 17.9 Å². The molecule has 0 fully saturated rings. The third kappa shape index (κ3) is 2.29. The van der Waals surface area contributed by atoms with E-state index in [9.17, 15) is 9.59 Å². The van der Waals surface area contributed by atoms with Gasteiger partial charge in [-0.2, -0.15) is 0 Å². The molecule has 1 aromatic rings. The largest absolute Gasteiger partial charge is 0.481 e. The third-order valence-corrected chi connectivity index (χ3v) is 2.31. The van der Waals surface area contributed by atoms with Crippen LogP contribution in [-0.4, -0.2) is 20.9 Å². The lowest BCUT2D eigenvalue weighted by molar-refractivity contribution is -0.136. The van der Waals surface area contributed by atoms with Gasteiger partial charge in [0.2, 0.25) is 0 Å². The minimum atomic E-state index is -0.976. The number of H-pyrrole nitrogens is 1. The average molecular weight is 212 g/mol. The van der Waals surface area contributed by atoms with Gasteiger partial charge < -0.3 is 5.11 Å². The molecule has 2 N–H and O–H groups in total. The van der Waals surface area contributed by atoms with E-state index in [1.807, 2.05) is 20.8 Å². The molecule has 0 unspecified atom stereocenters. The van der Waals surface area contributed by atoms with Gasteiger partial charge in [-0.05, 0) is 12.8 Å². The van der Waals surface area contributed by atoms with Gasteiger partial charge in [0.1, 0.15) is 0 Å². The quantitative estimate of drug-likeness (QED) is 0.780. The fraction of sp³-hybridized carbons (Fsp3) is 0.600. The van der Waals surface area contributed by atoms with Crippen LogP contribution in [0.15, 0.2) is 4.79 Å². The average Bonchev–Trinajstić information content (AvgIpc) is 2.43. The molecule has 0 bridgehead atoms. The van der Waals surface area contributed by atoms with Crippen molar-refractivity contribution in [2.24, 2.45) is 0 Å². The van der Waals surface area contributed by atoms with E-state index in [0.717, 1.165) is 5.69 Å². The van der Waals surface area contributed by atoms with E-state index in [1.165, 1.54) is 4.68 Å². The Morgan fingerprint density at radius 1 is 1.53 bits per heavy atom. The molecular formula is C10H16N2O3. The number of aliphatic carboxylic acids is 1. The number of nitrogens with one attached hydrogen (secondary N) is 1. The SMILES string of the molecule is CCn1[nH]c(C(C)C)c(CC(=O)O)c1=O. The van der Waals surface area contributed by atoms with Gasteiger partial charge in [-0.25, -0.2) is 0 Å². The molecule has 0 aromatic carbocycles. The van der Waals surface area contributed by atoms with Gasteiger partial charge in [-0.15, -0.1) is 0 Å². The van der Waals surface area contributed by atoms with E-state index < -0.39 is 5.97 Å². The smallest absolute Gasteiger partial charge is 0.308 e. The Morgan fingerprint density at radius 3 is 2.53 bits per heavy atom. The Kier molecular flexibility index (Phi) is 3.34. The molecule has 0 aliphatic carbocycles. The van der Waals surface area contributed by atoms with Crippen LogP contribution in [-0.2, 0) is 17.8 Å². The first kappa shape index (κ1) is 11.6. The normalized spacial score (nSPS) is 10.9. The fourth-order valence-electron chi connectivity index (χ4n) is 1.56. The number of rotatable bonds is 4. The van der Waals surface area contributed by atoms with E-state index in [4.69, 9.17) is 5.11 Å². The molecule has 0 aliphatic rings.